The van der Waals surface area contributed by atoms with E-state index in [0.29, 0.717) is 22.5 Å². The van der Waals surface area contributed by atoms with Crippen LogP contribution >= 0.6 is 22.9 Å². The van der Waals surface area contributed by atoms with Crippen molar-refractivity contribution in [3.63, 3.8) is 0 Å². The molecule has 4 rings (SSSR count). The van der Waals surface area contributed by atoms with Gasteiger partial charge in [-0.3, -0.25) is 0 Å². The zero-order valence-corrected chi connectivity index (χ0v) is 18.8. The highest BCUT2D eigenvalue weighted by molar-refractivity contribution is 7.89. The Morgan fingerprint density at radius 1 is 1.25 bits per heavy atom. The van der Waals surface area contributed by atoms with Gasteiger partial charge in [-0.1, -0.05) is 32.4 Å². The van der Waals surface area contributed by atoms with Crippen molar-refractivity contribution < 1.29 is 8.42 Å². The van der Waals surface area contributed by atoms with Gasteiger partial charge in [-0.05, 0) is 54.4 Å². The lowest BCUT2D eigenvalue weighted by atomic mass is 9.65. The number of halogens is 1. The summed E-state index contributed by atoms with van der Waals surface area (Å²) in [6, 6.07) is 7.15. The summed E-state index contributed by atoms with van der Waals surface area (Å²) in [5.74, 6) is 0. The molecule has 2 aliphatic rings. The number of thiazole rings is 1. The van der Waals surface area contributed by atoms with E-state index in [4.69, 9.17) is 11.6 Å². The molecule has 1 aromatic heterocycles. The number of benzene rings is 1. The molecule has 0 radical (unpaired) electrons. The second-order valence-electron chi connectivity index (χ2n) is 9.22. The van der Waals surface area contributed by atoms with Gasteiger partial charge in [0.15, 0.2) is 4.47 Å². The molecule has 1 saturated carbocycles. The molecule has 0 spiro atoms. The van der Waals surface area contributed by atoms with Crippen LogP contribution in [0.4, 0.5) is 5.69 Å². The summed E-state index contributed by atoms with van der Waals surface area (Å²) in [7, 11) is -3.48. The first-order valence-electron chi connectivity index (χ1n) is 9.52. The average Bonchev–Trinajstić information content (AvgIpc) is 3.12. The molecule has 5 nitrogen and oxygen atoms in total. The van der Waals surface area contributed by atoms with Crippen LogP contribution in [0.1, 0.15) is 44.9 Å². The van der Waals surface area contributed by atoms with E-state index in [2.05, 4.69) is 31.1 Å². The summed E-state index contributed by atoms with van der Waals surface area (Å²) >= 11 is 7.28. The molecule has 2 bridgehead atoms. The quantitative estimate of drug-likeness (QED) is 0.712. The van der Waals surface area contributed by atoms with Crippen LogP contribution in [0.25, 0.3) is 0 Å². The largest absolute Gasteiger partial charge is 0.380 e. The van der Waals surface area contributed by atoms with Gasteiger partial charge in [0.05, 0.1) is 11.4 Å². The maximum atomic E-state index is 13.3. The van der Waals surface area contributed by atoms with Crippen LogP contribution in [-0.4, -0.2) is 30.3 Å². The first-order valence-corrected chi connectivity index (χ1v) is 12.2. The smallest absolute Gasteiger partial charge is 0.243 e. The Morgan fingerprint density at radius 2 is 1.96 bits per heavy atom. The highest BCUT2D eigenvalue weighted by Crippen LogP contribution is 2.53. The molecule has 2 heterocycles. The van der Waals surface area contributed by atoms with Crippen molar-refractivity contribution in [2.45, 2.75) is 57.5 Å². The van der Waals surface area contributed by atoms with Crippen LogP contribution < -0.4 is 5.32 Å². The van der Waals surface area contributed by atoms with Crippen molar-refractivity contribution in [1.29, 1.82) is 0 Å². The van der Waals surface area contributed by atoms with E-state index in [9.17, 15) is 8.42 Å². The first-order chi connectivity index (χ1) is 13.1. The Balaban J connectivity index is 1.49. The molecule has 2 aromatic rings. The number of sulfonamides is 1. The highest BCUT2D eigenvalue weighted by atomic mass is 35.5. The normalized spacial score (nSPS) is 27.1. The number of hydrogen-bond donors (Lipinski definition) is 1. The van der Waals surface area contributed by atoms with Gasteiger partial charge in [0.2, 0.25) is 10.0 Å². The number of fused-ring (bicyclic) bond motifs is 2. The Labute approximate surface area is 176 Å². The summed E-state index contributed by atoms with van der Waals surface area (Å²) in [5.41, 5.74) is 1.14. The molecule has 8 heteroatoms. The Kier molecular flexibility index (Phi) is 5.01. The lowest BCUT2D eigenvalue weighted by Gasteiger charge is -2.39. The Bertz CT molecular complexity index is 972. The van der Waals surface area contributed by atoms with E-state index in [1.165, 1.54) is 11.3 Å². The number of nitrogens with one attached hydrogen (secondary N) is 1. The van der Waals surface area contributed by atoms with Crippen LogP contribution in [0.15, 0.2) is 35.4 Å². The Hall–Kier alpha value is -1.15. The first kappa shape index (κ1) is 20.1. The molecule has 0 amide bonds. The summed E-state index contributed by atoms with van der Waals surface area (Å²) in [6.45, 7) is 7.97. The molecule has 1 N–H and O–H groups in total. The van der Waals surface area contributed by atoms with Crippen molar-refractivity contribution in [3.8, 4) is 0 Å². The molecular formula is C20H26ClN3O2S2. The lowest BCUT2D eigenvalue weighted by Crippen LogP contribution is -2.37. The van der Waals surface area contributed by atoms with E-state index in [1.54, 1.807) is 22.6 Å². The van der Waals surface area contributed by atoms with Crippen LogP contribution in [0.3, 0.4) is 0 Å². The van der Waals surface area contributed by atoms with E-state index in [0.717, 1.165) is 29.8 Å². The van der Waals surface area contributed by atoms with Gasteiger partial charge in [0.1, 0.15) is 0 Å². The van der Waals surface area contributed by atoms with Crippen LogP contribution in [-0.2, 0) is 16.6 Å². The molecule has 1 aromatic carbocycles. The molecule has 1 aliphatic carbocycles. The van der Waals surface area contributed by atoms with E-state index >= 15 is 0 Å². The second kappa shape index (κ2) is 6.97. The monoisotopic (exact) mass is 439 g/mol. The van der Waals surface area contributed by atoms with Crippen LogP contribution in [0, 0.1) is 10.8 Å². The van der Waals surface area contributed by atoms with Crippen molar-refractivity contribution in [2.75, 3.05) is 11.9 Å². The minimum atomic E-state index is -3.48. The molecular weight excluding hydrogens is 414 g/mol. The summed E-state index contributed by atoms with van der Waals surface area (Å²) < 4.78 is 28.9. The Morgan fingerprint density at radius 3 is 2.61 bits per heavy atom. The standard InChI is InChI=1S/C20H26ClN3O2S2/c1-19(2)8-15-9-20(3,12-19)13-24(15)28(25,26)17-6-4-14(5-7-17)22-10-16-11-23-18(21)27-16/h4-7,11,15,22H,8-10,12-13H2,1-3H3. The summed E-state index contributed by atoms with van der Waals surface area (Å²) in [4.78, 5) is 5.42. The molecule has 2 atom stereocenters. The number of aromatic nitrogens is 1. The maximum Gasteiger partial charge on any atom is 0.243 e. The van der Waals surface area contributed by atoms with Crippen molar-refractivity contribution in [2.24, 2.45) is 10.8 Å². The summed E-state index contributed by atoms with van der Waals surface area (Å²) in [6.07, 6.45) is 4.71. The van der Waals surface area contributed by atoms with E-state index in [-0.39, 0.29) is 16.9 Å². The maximum absolute atomic E-state index is 13.3. The summed E-state index contributed by atoms with van der Waals surface area (Å²) in [5, 5.41) is 3.28. The van der Waals surface area contributed by atoms with Gasteiger partial charge < -0.3 is 5.32 Å². The van der Waals surface area contributed by atoms with Gasteiger partial charge in [0.25, 0.3) is 0 Å². The highest BCUT2D eigenvalue weighted by Gasteiger charge is 2.53. The molecule has 2 unspecified atom stereocenters. The molecule has 1 saturated heterocycles. The molecule has 1 aliphatic heterocycles. The number of nitrogens with zero attached hydrogens (tertiary/aromatic N) is 2. The topological polar surface area (TPSA) is 62.3 Å². The fourth-order valence-corrected chi connectivity index (χ4v) is 7.82. The number of rotatable bonds is 5. The van der Waals surface area contributed by atoms with Crippen LogP contribution in [0.5, 0.6) is 0 Å². The van der Waals surface area contributed by atoms with Gasteiger partial charge in [-0.25, -0.2) is 13.4 Å². The fraction of sp³-hybridized carbons (Fsp3) is 0.550. The molecule has 2 fully saturated rings. The fourth-order valence-electron chi connectivity index (χ4n) is 5.12. The third-order valence-electron chi connectivity index (χ3n) is 5.82. The molecule has 28 heavy (non-hydrogen) atoms. The minimum absolute atomic E-state index is 0.0804. The van der Waals surface area contributed by atoms with Gasteiger partial charge in [-0.2, -0.15) is 4.31 Å². The van der Waals surface area contributed by atoms with E-state index in [1.807, 2.05) is 12.1 Å². The number of hydrogen-bond acceptors (Lipinski definition) is 5. The minimum Gasteiger partial charge on any atom is -0.380 e. The van der Waals surface area contributed by atoms with Crippen molar-refractivity contribution >= 4 is 38.6 Å². The van der Waals surface area contributed by atoms with Gasteiger partial charge in [-0.15, -0.1) is 11.3 Å². The zero-order valence-electron chi connectivity index (χ0n) is 16.4. The average molecular weight is 440 g/mol. The van der Waals surface area contributed by atoms with Gasteiger partial charge in [0, 0.05) is 29.3 Å². The third-order valence-corrected chi connectivity index (χ3v) is 8.85. The SMILES string of the molecule is CC1(C)CC2CC(C)(CN2S(=O)(=O)c2ccc(NCc3cnc(Cl)s3)cc2)C1. The van der Waals surface area contributed by atoms with Crippen molar-refractivity contribution in [1.82, 2.24) is 9.29 Å². The number of anilines is 1. The predicted octanol–water partition coefficient (Wildman–Crippen LogP) is 5.00. The van der Waals surface area contributed by atoms with E-state index < -0.39 is 10.0 Å². The lowest BCUT2D eigenvalue weighted by molar-refractivity contribution is 0.133. The van der Waals surface area contributed by atoms with Crippen molar-refractivity contribution in [3.05, 3.63) is 39.8 Å². The third kappa shape index (κ3) is 3.95. The zero-order chi connectivity index (χ0) is 20.2. The van der Waals surface area contributed by atoms with Gasteiger partial charge >= 0.3 is 0 Å². The van der Waals surface area contributed by atoms with Crippen LogP contribution in [0.2, 0.25) is 4.47 Å². The second-order valence-corrected chi connectivity index (χ2v) is 12.8. The predicted molar refractivity (Wildman–Crippen MR) is 114 cm³/mol. The molecule has 152 valence electrons.